The number of carbonyl (C=O) groups is 3. The van der Waals surface area contributed by atoms with Crippen LogP contribution in [0.25, 0.3) is 11.0 Å². The molecular weight excluding hydrogens is 374 g/mol. The van der Waals surface area contributed by atoms with E-state index < -0.39 is 5.97 Å². The zero-order valence-electron chi connectivity index (χ0n) is 15.8. The first-order valence-electron chi connectivity index (χ1n) is 9.32. The number of amides is 2. The second-order valence-corrected chi connectivity index (χ2v) is 6.49. The summed E-state index contributed by atoms with van der Waals surface area (Å²) in [7, 11) is 0. The SMILES string of the molecule is CCOCc1c(C(=O)OCCN2C(=O)c3ccccc3C2=O)oc2ccccc12. The Labute approximate surface area is 166 Å². The summed E-state index contributed by atoms with van der Waals surface area (Å²) in [5.41, 5.74) is 1.91. The quantitative estimate of drug-likeness (QED) is 0.452. The lowest BCUT2D eigenvalue weighted by atomic mass is 10.1. The maximum absolute atomic E-state index is 12.6. The Kier molecular flexibility index (Phi) is 5.14. The Hall–Kier alpha value is -3.45. The molecular formula is C22H19NO6. The van der Waals surface area contributed by atoms with Gasteiger partial charge in [-0.25, -0.2) is 4.79 Å². The van der Waals surface area contributed by atoms with Crippen molar-refractivity contribution >= 4 is 28.8 Å². The van der Waals surface area contributed by atoms with Crippen LogP contribution in [0.2, 0.25) is 0 Å². The van der Waals surface area contributed by atoms with Gasteiger partial charge in [-0.15, -0.1) is 0 Å². The monoisotopic (exact) mass is 393 g/mol. The summed E-state index contributed by atoms with van der Waals surface area (Å²) in [6, 6.07) is 13.9. The fourth-order valence-electron chi connectivity index (χ4n) is 3.35. The van der Waals surface area contributed by atoms with Crippen LogP contribution in [0, 0.1) is 0 Å². The van der Waals surface area contributed by atoms with E-state index in [1.165, 1.54) is 0 Å². The average molecular weight is 393 g/mol. The van der Waals surface area contributed by atoms with E-state index in [9.17, 15) is 14.4 Å². The third-order valence-electron chi connectivity index (χ3n) is 4.76. The first-order valence-corrected chi connectivity index (χ1v) is 9.32. The highest BCUT2D eigenvalue weighted by atomic mass is 16.5. The average Bonchev–Trinajstić information content (AvgIpc) is 3.23. The largest absolute Gasteiger partial charge is 0.458 e. The van der Waals surface area contributed by atoms with E-state index in [1.54, 1.807) is 30.3 Å². The maximum Gasteiger partial charge on any atom is 0.374 e. The van der Waals surface area contributed by atoms with Gasteiger partial charge >= 0.3 is 5.97 Å². The number of carbonyl (C=O) groups excluding carboxylic acids is 3. The molecule has 0 saturated heterocycles. The summed E-state index contributed by atoms with van der Waals surface area (Å²) in [6.07, 6.45) is 0. The fraction of sp³-hybridized carbons (Fsp3) is 0.227. The highest BCUT2D eigenvalue weighted by Crippen LogP contribution is 2.27. The lowest BCUT2D eigenvalue weighted by Gasteiger charge is -2.13. The van der Waals surface area contributed by atoms with Gasteiger partial charge in [0.2, 0.25) is 5.76 Å². The molecule has 0 atom stereocenters. The van der Waals surface area contributed by atoms with Crippen molar-refractivity contribution in [2.45, 2.75) is 13.5 Å². The minimum atomic E-state index is -0.660. The molecule has 1 aliphatic heterocycles. The normalized spacial score (nSPS) is 13.2. The topological polar surface area (TPSA) is 86.0 Å². The van der Waals surface area contributed by atoms with E-state index in [2.05, 4.69) is 0 Å². The molecule has 0 fully saturated rings. The molecule has 4 rings (SSSR count). The second kappa shape index (κ2) is 7.89. The Morgan fingerprint density at radius 2 is 1.66 bits per heavy atom. The summed E-state index contributed by atoms with van der Waals surface area (Å²) in [6.45, 7) is 2.42. The predicted octanol–water partition coefficient (Wildman–Crippen LogP) is 3.42. The van der Waals surface area contributed by atoms with Crippen LogP contribution in [0.4, 0.5) is 0 Å². The van der Waals surface area contributed by atoms with E-state index in [-0.39, 0.29) is 37.3 Å². The molecule has 0 bridgehead atoms. The van der Waals surface area contributed by atoms with Crippen molar-refractivity contribution in [1.82, 2.24) is 4.90 Å². The van der Waals surface area contributed by atoms with Crippen LogP contribution >= 0.6 is 0 Å². The lowest BCUT2D eigenvalue weighted by molar-refractivity contribution is 0.0389. The van der Waals surface area contributed by atoms with Crippen molar-refractivity contribution in [1.29, 1.82) is 0 Å². The van der Waals surface area contributed by atoms with Crippen molar-refractivity contribution in [3.8, 4) is 0 Å². The number of para-hydroxylation sites is 1. The number of benzene rings is 2. The molecule has 3 aromatic rings. The van der Waals surface area contributed by atoms with Gasteiger partial charge in [-0.1, -0.05) is 30.3 Å². The van der Waals surface area contributed by atoms with Gasteiger partial charge in [0, 0.05) is 17.6 Å². The van der Waals surface area contributed by atoms with Crippen LogP contribution in [0.1, 0.15) is 43.8 Å². The Morgan fingerprint density at radius 3 is 2.34 bits per heavy atom. The van der Waals surface area contributed by atoms with E-state index >= 15 is 0 Å². The van der Waals surface area contributed by atoms with Gasteiger partial charge in [-0.2, -0.15) is 0 Å². The number of hydrogen-bond donors (Lipinski definition) is 0. The molecule has 0 aliphatic carbocycles. The number of hydrogen-bond acceptors (Lipinski definition) is 6. The van der Waals surface area contributed by atoms with Crippen molar-refractivity contribution in [3.05, 3.63) is 71.0 Å². The van der Waals surface area contributed by atoms with Crippen LogP contribution in [0.5, 0.6) is 0 Å². The Bertz CT molecular complexity index is 1060. The van der Waals surface area contributed by atoms with E-state index in [4.69, 9.17) is 13.9 Å². The Morgan fingerprint density at radius 1 is 1.00 bits per heavy atom. The summed E-state index contributed by atoms with van der Waals surface area (Å²) in [5.74, 6) is -1.36. The van der Waals surface area contributed by atoms with Gasteiger partial charge in [0.1, 0.15) is 12.2 Å². The number of rotatable bonds is 7. The van der Waals surface area contributed by atoms with Gasteiger partial charge in [0.05, 0.1) is 24.3 Å². The predicted molar refractivity (Wildman–Crippen MR) is 104 cm³/mol. The third-order valence-corrected chi connectivity index (χ3v) is 4.76. The molecule has 7 nitrogen and oxygen atoms in total. The van der Waals surface area contributed by atoms with Crippen molar-refractivity contribution in [2.24, 2.45) is 0 Å². The molecule has 2 amide bonds. The zero-order valence-corrected chi connectivity index (χ0v) is 15.8. The summed E-state index contributed by atoms with van der Waals surface area (Å²) in [5, 5.41) is 0.785. The number of ether oxygens (including phenoxy) is 2. The highest BCUT2D eigenvalue weighted by Gasteiger charge is 2.35. The van der Waals surface area contributed by atoms with Crippen LogP contribution in [-0.2, 0) is 16.1 Å². The molecule has 7 heteroatoms. The summed E-state index contributed by atoms with van der Waals surface area (Å²) >= 11 is 0. The van der Waals surface area contributed by atoms with Gasteiger partial charge in [0.25, 0.3) is 11.8 Å². The summed E-state index contributed by atoms with van der Waals surface area (Å²) < 4.78 is 16.4. The standard InChI is InChI=1S/C22H19NO6/c1-2-27-13-17-14-7-5-6-10-18(14)29-19(17)22(26)28-12-11-23-20(24)15-8-3-4-9-16(15)21(23)25/h3-10H,2,11-13H2,1H3. The number of fused-ring (bicyclic) bond motifs is 2. The molecule has 148 valence electrons. The zero-order chi connectivity index (χ0) is 20.4. The molecule has 0 radical (unpaired) electrons. The molecule has 0 saturated carbocycles. The number of nitrogens with zero attached hydrogens (tertiary/aromatic N) is 1. The lowest BCUT2D eigenvalue weighted by Crippen LogP contribution is -2.33. The van der Waals surface area contributed by atoms with Crippen molar-refractivity contribution < 1.29 is 28.3 Å². The molecule has 1 aliphatic rings. The van der Waals surface area contributed by atoms with Gasteiger partial charge in [-0.05, 0) is 25.1 Å². The van der Waals surface area contributed by atoms with Crippen molar-refractivity contribution in [2.75, 3.05) is 19.8 Å². The summed E-state index contributed by atoms with van der Waals surface area (Å²) in [4.78, 5) is 38.4. The minimum Gasteiger partial charge on any atom is -0.458 e. The molecule has 2 aromatic carbocycles. The molecule has 1 aromatic heterocycles. The van der Waals surface area contributed by atoms with Gasteiger partial charge < -0.3 is 13.9 Å². The minimum absolute atomic E-state index is 0.0287. The fourth-order valence-corrected chi connectivity index (χ4v) is 3.35. The number of imide groups is 1. The molecule has 0 unspecified atom stereocenters. The second-order valence-electron chi connectivity index (χ2n) is 6.49. The highest BCUT2D eigenvalue weighted by molar-refractivity contribution is 6.21. The van der Waals surface area contributed by atoms with Gasteiger partial charge in [-0.3, -0.25) is 14.5 Å². The van der Waals surface area contributed by atoms with Crippen LogP contribution in [0.15, 0.2) is 52.9 Å². The van der Waals surface area contributed by atoms with Crippen LogP contribution in [0.3, 0.4) is 0 Å². The molecule has 29 heavy (non-hydrogen) atoms. The van der Waals surface area contributed by atoms with Crippen LogP contribution in [-0.4, -0.2) is 42.4 Å². The van der Waals surface area contributed by atoms with E-state index in [0.717, 1.165) is 10.3 Å². The van der Waals surface area contributed by atoms with E-state index in [1.807, 2.05) is 25.1 Å². The molecule has 2 heterocycles. The number of esters is 1. The number of furan rings is 1. The first kappa shape index (κ1) is 18.9. The maximum atomic E-state index is 12.6. The van der Waals surface area contributed by atoms with Gasteiger partial charge in [0.15, 0.2) is 0 Å². The Balaban J connectivity index is 1.46. The molecule has 0 spiro atoms. The van der Waals surface area contributed by atoms with Crippen molar-refractivity contribution in [3.63, 3.8) is 0 Å². The third kappa shape index (κ3) is 3.40. The van der Waals surface area contributed by atoms with Crippen LogP contribution < -0.4 is 0 Å². The first-order chi connectivity index (χ1) is 14.1. The van der Waals surface area contributed by atoms with E-state index in [0.29, 0.717) is 28.9 Å². The smallest absolute Gasteiger partial charge is 0.374 e. The molecule has 0 N–H and O–H groups in total.